The molecule has 5 heteroatoms. The third-order valence-corrected chi connectivity index (χ3v) is 4.47. The lowest BCUT2D eigenvalue weighted by Crippen LogP contribution is -2.39. The van der Waals surface area contributed by atoms with Crippen LogP contribution in [0.5, 0.6) is 0 Å². The molecule has 0 aliphatic carbocycles. The summed E-state index contributed by atoms with van der Waals surface area (Å²) in [5.74, 6) is 0.479. The second-order valence-electron chi connectivity index (χ2n) is 4.06. The SMILES string of the molecule is C=CCS(=O)(=O)N(C)CC1CCCNC1. The monoisotopic (exact) mass is 232 g/mol. The number of rotatable bonds is 5. The van der Waals surface area contributed by atoms with Crippen molar-refractivity contribution in [1.82, 2.24) is 9.62 Å². The van der Waals surface area contributed by atoms with Crippen molar-refractivity contribution < 1.29 is 8.42 Å². The number of sulfonamides is 1. The second kappa shape index (κ2) is 5.63. The maximum atomic E-state index is 11.6. The molecule has 1 aliphatic heterocycles. The van der Waals surface area contributed by atoms with Gasteiger partial charge in [0.2, 0.25) is 10.0 Å². The molecular weight excluding hydrogens is 212 g/mol. The van der Waals surface area contributed by atoms with Gasteiger partial charge in [0.15, 0.2) is 0 Å². The van der Waals surface area contributed by atoms with Crippen molar-refractivity contribution in [3.63, 3.8) is 0 Å². The van der Waals surface area contributed by atoms with Crippen LogP contribution in [-0.4, -0.2) is 45.2 Å². The van der Waals surface area contributed by atoms with Gasteiger partial charge in [-0.15, -0.1) is 6.58 Å². The summed E-state index contributed by atoms with van der Waals surface area (Å²) < 4.78 is 24.7. The summed E-state index contributed by atoms with van der Waals surface area (Å²) in [4.78, 5) is 0. The maximum Gasteiger partial charge on any atom is 0.217 e. The molecule has 1 saturated heterocycles. The average Bonchev–Trinajstić information content (AvgIpc) is 2.19. The minimum Gasteiger partial charge on any atom is -0.316 e. The van der Waals surface area contributed by atoms with E-state index >= 15 is 0 Å². The van der Waals surface area contributed by atoms with E-state index in [-0.39, 0.29) is 5.75 Å². The van der Waals surface area contributed by atoms with Gasteiger partial charge in [-0.25, -0.2) is 12.7 Å². The first-order valence-electron chi connectivity index (χ1n) is 5.32. The summed E-state index contributed by atoms with van der Waals surface area (Å²) >= 11 is 0. The molecule has 4 nitrogen and oxygen atoms in total. The summed E-state index contributed by atoms with van der Waals surface area (Å²) in [5.41, 5.74) is 0. The maximum absolute atomic E-state index is 11.6. The Morgan fingerprint density at radius 2 is 2.33 bits per heavy atom. The lowest BCUT2D eigenvalue weighted by molar-refractivity contribution is 0.315. The average molecular weight is 232 g/mol. The van der Waals surface area contributed by atoms with Crippen LogP contribution in [0.1, 0.15) is 12.8 Å². The van der Waals surface area contributed by atoms with Crippen LogP contribution in [0.3, 0.4) is 0 Å². The van der Waals surface area contributed by atoms with Crippen LogP contribution in [0.15, 0.2) is 12.7 Å². The summed E-state index contributed by atoms with van der Waals surface area (Å²) in [5, 5.41) is 3.28. The minimum absolute atomic E-state index is 0.0314. The molecule has 88 valence electrons. The van der Waals surface area contributed by atoms with Crippen LogP contribution in [0.25, 0.3) is 0 Å². The topological polar surface area (TPSA) is 49.4 Å². The lowest BCUT2D eigenvalue weighted by Gasteiger charge is -2.26. The highest BCUT2D eigenvalue weighted by Gasteiger charge is 2.21. The van der Waals surface area contributed by atoms with Crippen LogP contribution in [-0.2, 0) is 10.0 Å². The molecule has 0 radical (unpaired) electrons. The minimum atomic E-state index is -3.12. The molecule has 15 heavy (non-hydrogen) atoms. The van der Waals surface area contributed by atoms with Crippen LogP contribution in [0, 0.1) is 5.92 Å². The van der Waals surface area contributed by atoms with E-state index < -0.39 is 10.0 Å². The Morgan fingerprint density at radius 3 is 2.87 bits per heavy atom. The van der Waals surface area contributed by atoms with E-state index in [1.807, 2.05) is 0 Å². The van der Waals surface area contributed by atoms with Crippen molar-refractivity contribution in [1.29, 1.82) is 0 Å². The Morgan fingerprint density at radius 1 is 1.60 bits per heavy atom. The first-order chi connectivity index (χ1) is 7.06. The summed E-state index contributed by atoms with van der Waals surface area (Å²) in [6.45, 7) is 6.05. The number of piperidine rings is 1. The van der Waals surface area contributed by atoms with E-state index in [9.17, 15) is 8.42 Å². The number of nitrogens with one attached hydrogen (secondary N) is 1. The fourth-order valence-corrected chi connectivity index (χ4v) is 2.82. The Hall–Kier alpha value is -0.390. The predicted molar refractivity (Wildman–Crippen MR) is 62.2 cm³/mol. The number of nitrogens with zero attached hydrogens (tertiary/aromatic N) is 1. The van der Waals surface area contributed by atoms with Gasteiger partial charge in [-0.3, -0.25) is 0 Å². The molecule has 0 aromatic rings. The lowest BCUT2D eigenvalue weighted by atomic mass is 10.00. The summed E-state index contributed by atoms with van der Waals surface area (Å²) in [6, 6.07) is 0. The fourth-order valence-electron chi connectivity index (χ4n) is 1.83. The Balaban J connectivity index is 2.46. The number of hydrogen-bond donors (Lipinski definition) is 1. The molecule has 0 bridgehead atoms. The fraction of sp³-hybridized carbons (Fsp3) is 0.800. The third kappa shape index (κ3) is 3.93. The van der Waals surface area contributed by atoms with Gasteiger partial charge in [0.25, 0.3) is 0 Å². The van der Waals surface area contributed by atoms with E-state index in [0.717, 1.165) is 25.9 Å². The zero-order chi connectivity index (χ0) is 11.3. The quantitative estimate of drug-likeness (QED) is 0.700. The van der Waals surface area contributed by atoms with Crippen molar-refractivity contribution in [2.45, 2.75) is 12.8 Å². The standard InChI is InChI=1S/C10H20N2O2S/c1-3-7-15(13,14)12(2)9-10-5-4-6-11-8-10/h3,10-11H,1,4-9H2,2H3. The molecule has 0 aromatic carbocycles. The highest BCUT2D eigenvalue weighted by molar-refractivity contribution is 7.89. The Kier molecular flexibility index (Phi) is 4.76. The molecule has 0 saturated carbocycles. The van der Waals surface area contributed by atoms with Gasteiger partial charge in [0, 0.05) is 13.6 Å². The first-order valence-corrected chi connectivity index (χ1v) is 6.93. The second-order valence-corrected chi connectivity index (χ2v) is 6.18. The van der Waals surface area contributed by atoms with E-state index in [1.54, 1.807) is 7.05 Å². The van der Waals surface area contributed by atoms with Crippen LogP contribution in [0.2, 0.25) is 0 Å². The molecule has 1 aliphatic rings. The Labute approximate surface area is 92.4 Å². The van der Waals surface area contributed by atoms with Crippen molar-refractivity contribution >= 4 is 10.0 Å². The molecule has 1 heterocycles. The zero-order valence-electron chi connectivity index (χ0n) is 9.28. The van der Waals surface area contributed by atoms with Gasteiger partial charge < -0.3 is 5.32 Å². The molecule has 1 rings (SSSR count). The van der Waals surface area contributed by atoms with E-state index in [2.05, 4.69) is 11.9 Å². The normalized spacial score (nSPS) is 22.9. The number of hydrogen-bond acceptors (Lipinski definition) is 3. The molecule has 0 aromatic heterocycles. The van der Waals surface area contributed by atoms with Crippen LogP contribution >= 0.6 is 0 Å². The van der Waals surface area contributed by atoms with Gasteiger partial charge >= 0.3 is 0 Å². The van der Waals surface area contributed by atoms with Crippen molar-refractivity contribution in [2.75, 3.05) is 32.4 Å². The van der Waals surface area contributed by atoms with Gasteiger partial charge in [0.1, 0.15) is 0 Å². The molecule has 1 unspecified atom stereocenters. The Bertz CT molecular complexity index is 295. The van der Waals surface area contributed by atoms with Gasteiger partial charge in [-0.1, -0.05) is 6.08 Å². The smallest absolute Gasteiger partial charge is 0.217 e. The zero-order valence-corrected chi connectivity index (χ0v) is 10.1. The molecular formula is C10H20N2O2S. The van der Waals surface area contributed by atoms with Gasteiger partial charge in [-0.05, 0) is 31.8 Å². The highest BCUT2D eigenvalue weighted by Crippen LogP contribution is 2.12. The molecule has 0 spiro atoms. The first kappa shape index (κ1) is 12.7. The van der Waals surface area contributed by atoms with Gasteiger partial charge in [0.05, 0.1) is 5.75 Å². The summed E-state index contributed by atoms with van der Waals surface area (Å²) in [7, 11) is -1.48. The molecule has 1 fully saturated rings. The van der Waals surface area contributed by atoms with Crippen molar-refractivity contribution in [2.24, 2.45) is 5.92 Å². The van der Waals surface area contributed by atoms with Crippen LogP contribution < -0.4 is 5.32 Å². The highest BCUT2D eigenvalue weighted by atomic mass is 32.2. The van der Waals surface area contributed by atoms with E-state index in [1.165, 1.54) is 10.4 Å². The molecule has 1 atom stereocenters. The van der Waals surface area contributed by atoms with Crippen LogP contribution in [0.4, 0.5) is 0 Å². The van der Waals surface area contributed by atoms with E-state index in [4.69, 9.17) is 0 Å². The largest absolute Gasteiger partial charge is 0.316 e. The predicted octanol–water partition coefficient (Wildman–Crippen LogP) is 0.434. The van der Waals surface area contributed by atoms with Gasteiger partial charge in [-0.2, -0.15) is 0 Å². The molecule has 1 N–H and O–H groups in total. The third-order valence-electron chi connectivity index (χ3n) is 2.72. The summed E-state index contributed by atoms with van der Waals surface area (Å²) in [6.07, 6.45) is 3.69. The molecule has 0 amide bonds. The van der Waals surface area contributed by atoms with Crippen molar-refractivity contribution in [3.05, 3.63) is 12.7 Å². The van der Waals surface area contributed by atoms with Crippen molar-refractivity contribution in [3.8, 4) is 0 Å². The van der Waals surface area contributed by atoms with E-state index in [0.29, 0.717) is 12.5 Å².